The molecule has 0 saturated carbocycles. The number of hydrogen-bond donors (Lipinski definition) is 1. The van der Waals surface area contributed by atoms with Crippen molar-refractivity contribution < 1.29 is 19.0 Å². The molecule has 0 aromatic heterocycles. The summed E-state index contributed by atoms with van der Waals surface area (Å²) in [6.07, 6.45) is -0.325. The van der Waals surface area contributed by atoms with E-state index in [-0.39, 0.29) is 18.8 Å². The van der Waals surface area contributed by atoms with Crippen molar-refractivity contribution in [1.29, 1.82) is 0 Å². The summed E-state index contributed by atoms with van der Waals surface area (Å²) in [5, 5.41) is 2.85. The molecule has 0 saturated heterocycles. The SMILES string of the molecule is CCOC(=O)CNCC(OC)OC. The van der Waals surface area contributed by atoms with E-state index in [4.69, 9.17) is 14.2 Å². The number of carbonyl (C=O) groups excluding carboxylic acids is 1. The Bertz CT molecular complexity index is 136. The maximum Gasteiger partial charge on any atom is 0.319 e. The Hall–Kier alpha value is -0.650. The van der Waals surface area contributed by atoms with Gasteiger partial charge >= 0.3 is 5.97 Å². The highest BCUT2D eigenvalue weighted by atomic mass is 16.7. The number of nitrogens with one attached hydrogen (secondary N) is 1. The first kappa shape index (κ1) is 12.3. The summed E-state index contributed by atoms with van der Waals surface area (Å²) in [6, 6.07) is 0. The van der Waals surface area contributed by atoms with Gasteiger partial charge in [-0.2, -0.15) is 0 Å². The Morgan fingerprint density at radius 3 is 2.46 bits per heavy atom. The predicted molar refractivity (Wildman–Crippen MR) is 47.3 cm³/mol. The highest BCUT2D eigenvalue weighted by Gasteiger charge is 2.05. The summed E-state index contributed by atoms with van der Waals surface area (Å²) in [4.78, 5) is 10.8. The van der Waals surface area contributed by atoms with Gasteiger partial charge in [0.1, 0.15) is 0 Å². The molecule has 5 heteroatoms. The summed E-state index contributed by atoms with van der Waals surface area (Å²) in [5.41, 5.74) is 0. The number of carbonyl (C=O) groups is 1. The van der Waals surface area contributed by atoms with E-state index in [0.717, 1.165) is 0 Å². The molecule has 0 spiro atoms. The Morgan fingerprint density at radius 2 is 2.00 bits per heavy atom. The third-order valence-electron chi connectivity index (χ3n) is 1.41. The third kappa shape index (κ3) is 6.51. The Labute approximate surface area is 78.3 Å². The molecular weight excluding hydrogens is 174 g/mol. The molecule has 5 nitrogen and oxygen atoms in total. The Balaban J connectivity index is 3.37. The van der Waals surface area contributed by atoms with Crippen molar-refractivity contribution in [2.75, 3.05) is 33.9 Å². The molecule has 0 amide bonds. The standard InChI is InChI=1S/C8H17NO4/c1-4-13-7(10)5-9-6-8(11-2)12-3/h8-9H,4-6H2,1-3H3. The molecule has 0 aliphatic carbocycles. The normalized spacial score (nSPS) is 10.5. The second kappa shape index (κ2) is 7.97. The fourth-order valence-corrected chi connectivity index (χ4v) is 0.767. The van der Waals surface area contributed by atoms with Crippen molar-refractivity contribution in [3.05, 3.63) is 0 Å². The van der Waals surface area contributed by atoms with Gasteiger partial charge in [-0.3, -0.25) is 4.79 Å². The fourth-order valence-electron chi connectivity index (χ4n) is 0.767. The van der Waals surface area contributed by atoms with Crippen LogP contribution in [0, 0.1) is 0 Å². The molecule has 0 aliphatic rings. The van der Waals surface area contributed by atoms with Gasteiger partial charge in [0.25, 0.3) is 0 Å². The zero-order valence-electron chi connectivity index (χ0n) is 8.33. The second-order valence-electron chi connectivity index (χ2n) is 2.34. The fraction of sp³-hybridized carbons (Fsp3) is 0.875. The van der Waals surface area contributed by atoms with Crippen LogP contribution in [0.25, 0.3) is 0 Å². The molecular formula is C8H17NO4. The van der Waals surface area contributed by atoms with Crippen molar-refractivity contribution >= 4 is 5.97 Å². The van der Waals surface area contributed by atoms with Crippen LogP contribution in [0.15, 0.2) is 0 Å². The monoisotopic (exact) mass is 191 g/mol. The van der Waals surface area contributed by atoms with Crippen LogP contribution in [-0.2, 0) is 19.0 Å². The van der Waals surface area contributed by atoms with Crippen molar-refractivity contribution in [3.8, 4) is 0 Å². The summed E-state index contributed by atoms with van der Waals surface area (Å²) in [6.45, 7) is 2.81. The number of methoxy groups -OCH3 is 2. The van der Waals surface area contributed by atoms with Crippen molar-refractivity contribution in [2.24, 2.45) is 0 Å². The van der Waals surface area contributed by atoms with Gasteiger partial charge in [0, 0.05) is 20.8 Å². The van der Waals surface area contributed by atoms with E-state index in [1.807, 2.05) is 0 Å². The van der Waals surface area contributed by atoms with Crippen LogP contribution in [0.4, 0.5) is 0 Å². The van der Waals surface area contributed by atoms with E-state index in [0.29, 0.717) is 13.2 Å². The minimum atomic E-state index is -0.325. The predicted octanol–water partition coefficient (Wildman–Crippen LogP) is -0.242. The lowest BCUT2D eigenvalue weighted by Gasteiger charge is -2.13. The molecule has 0 radical (unpaired) electrons. The molecule has 1 N–H and O–H groups in total. The molecule has 0 heterocycles. The van der Waals surface area contributed by atoms with Gasteiger partial charge in [-0.05, 0) is 6.92 Å². The van der Waals surface area contributed by atoms with E-state index in [1.165, 1.54) is 0 Å². The van der Waals surface area contributed by atoms with Gasteiger partial charge in [0.2, 0.25) is 0 Å². The van der Waals surface area contributed by atoms with Crippen molar-refractivity contribution in [2.45, 2.75) is 13.2 Å². The van der Waals surface area contributed by atoms with Crippen molar-refractivity contribution in [1.82, 2.24) is 5.32 Å². The van der Waals surface area contributed by atoms with E-state index in [2.05, 4.69) is 5.32 Å². The number of ether oxygens (including phenoxy) is 3. The molecule has 0 fully saturated rings. The quantitative estimate of drug-likeness (QED) is 0.444. The lowest BCUT2D eigenvalue weighted by molar-refractivity contribution is -0.142. The first-order valence-electron chi connectivity index (χ1n) is 4.16. The average molecular weight is 191 g/mol. The molecule has 0 bridgehead atoms. The van der Waals surface area contributed by atoms with E-state index in [9.17, 15) is 4.79 Å². The third-order valence-corrected chi connectivity index (χ3v) is 1.41. The van der Waals surface area contributed by atoms with E-state index < -0.39 is 0 Å². The van der Waals surface area contributed by atoms with Gasteiger partial charge < -0.3 is 19.5 Å². The van der Waals surface area contributed by atoms with Gasteiger partial charge in [0.15, 0.2) is 6.29 Å². The Morgan fingerprint density at radius 1 is 1.38 bits per heavy atom. The topological polar surface area (TPSA) is 56.8 Å². The average Bonchev–Trinajstić information content (AvgIpc) is 2.13. The minimum Gasteiger partial charge on any atom is -0.465 e. The largest absolute Gasteiger partial charge is 0.465 e. The molecule has 0 aromatic carbocycles. The van der Waals surface area contributed by atoms with Crippen LogP contribution in [-0.4, -0.2) is 46.2 Å². The summed E-state index contributed by atoms with van der Waals surface area (Å²) in [7, 11) is 3.08. The van der Waals surface area contributed by atoms with Crippen molar-refractivity contribution in [3.63, 3.8) is 0 Å². The van der Waals surface area contributed by atoms with E-state index in [1.54, 1.807) is 21.1 Å². The first-order chi connectivity index (χ1) is 6.24. The van der Waals surface area contributed by atoms with Crippen LogP contribution in [0.1, 0.15) is 6.92 Å². The Kier molecular flexibility index (Phi) is 7.57. The highest BCUT2D eigenvalue weighted by Crippen LogP contribution is 1.87. The maximum absolute atomic E-state index is 10.8. The van der Waals surface area contributed by atoms with Gasteiger partial charge in [-0.25, -0.2) is 0 Å². The first-order valence-corrected chi connectivity index (χ1v) is 4.16. The maximum atomic E-state index is 10.8. The van der Waals surface area contributed by atoms with Gasteiger partial charge in [-0.15, -0.1) is 0 Å². The summed E-state index contributed by atoms with van der Waals surface area (Å²) >= 11 is 0. The molecule has 0 rings (SSSR count). The van der Waals surface area contributed by atoms with Crippen LogP contribution >= 0.6 is 0 Å². The number of hydrogen-bond acceptors (Lipinski definition) is 5. The van der Waals surface area contributed by atoms with Crippen LogP contribution < -0.4 is 5.32 Å². The van der Waals surface area contributed by atoms with Crippen LogP contribution in [0.3, 0.4) is 0 Å². The zero-order chi connectivity index (χ0) is 10.1. The molecule has 0 atom stereocenters. The van der Waals surface area contributed by atoms with Crippen LogP contribution in [0.5, 0.6) is 0 Å². The number of esters is 1. The molecule has 78 valence electrons. The molecule has 0 aromatic rings. The van der Waals surface area contributed by atoms with Gasteiger partial charge in [0.05, 0.1) is 13.2 Å². The highest BCUT2D eigenvalue weighted by molar-refractivity contribution is 5.71. The second-order valence-corrected chi connectivity index (χ2v) is 2.34. The zero-order valence-corrected chi connectivity index (χ0v) is 8.33. The minimum absolute atomic E-state index is 0.178. The lowest BCUT2D eigenvalue weighted by Crippen LogP contribution is -2.33. The lowest BCUT2D eigenvalue weighted by atomic mass is 10.5. The smallest absolute Gasteiger partial charge is 0.319 e. The summed E-state index contributed by atoms with van der Waals surface area (Å²) < 4.78 is 14.5. The molecule has 0 aliphatic heterocycles. The van der Waals surface area contributed by atoms with Gasteiger partial charge in [-0.1, -0.05) is 0 Å². The molecule has 0 unspecified atom stereocenters. The number of rotatable bonds is 7. The summed E-state index contributed by atoms with van der Waals surface area (Å²) in [5.74, 6) is -0.270. The van der Waals surface area contributed by atoms with E-state index >= 15 is 0 Å². The molecule has 13 heavy (non-hydrogen) atoms. The van der Waals surface area contributed by atoms with Crippen LogP contribution in [0.2, 0.25) is 0 Å².